The molecule has 0 aromatic rings. The summed E-state index contributed by atoms with van der Waals surface area (Å²) in [6, 6.07) is 0. The minimum Gasteiger partial charge on any atom is -1.00 e. The molecule has 0 saturated carbocycles. The van der Waals surface area contributed by atoms with Gasteiger partial charge in [-0.3, -0.25) is 0 Å². The Labute approximate surface area is 79.0 Å². The Bertz CT molecular complexity index is 74.4. The van der Waals surface area contributed by atoms with Gasteiger partial charge in [0.1, 0.15) is 0 Å². The molecule has 0 aliphatic heterocycles. The van der Waals surface area contributed by atoms with Crippen LogP contribution in [0, 0.1) is 0 Å². The van der Waals surface area contributed by atoms with Crippen LogP contribution in [0.3, 0.4) is 0 Å². The summed E-state index contributed by atoms with van der Waals surface area (Å²) in [4.78, 5) is 17.1. The van der Waals surface area contributed by atoms with E-state index in [9.17, 15) is 0 Å². The maximum Gasteiger partial charge on any atom is 1.00 e. The van der Waals surface area contributed by atoms with Crippen molar-refractivity contribution in [3.63, 3.8) is 0 Å². The van der Waals surface area contributed by atoms with Crippen LogP contribution in [0.25, 0.3) is 0 Å². The summed E-state index contributed by atoms with van der Waals surface area (Å²) >= 11 is 0. The average molecular weight is 166 g/mol. The van der Waals surface area contributed by atoms with Crippen molar-refractivity contribution in [1.82, 2.24) is 0 Å². The van der Waals surface area contributed by atoms with Crippen LogP contribution in [0.4, 0.5) is 9.59 Å². The molecule has 0 heterocycles. The second kappa shape index (κ2) is 15.8. The van der Waals surface area contributed by atoms with E-state index in [4.69, 9.17) is 30.0 Å². The van der Waals surface area contributed by atoms with E-state index in [1.807, 2.05) is 0 Å². The minimum absolute atomic E-state index is 0. The van der Waals surface area contributed by atoms with E-state index in [-0.39, 0.29) is 36.5 Å². The van der Waals surface area contributed by atoms with Gasteiger partial charge in [0.2, 0.25) is 0 Å². The van der Waals surface area contributed by atoms with E-state index in [1.165, 1.54) is 0 Å². The monoisotopic (exact) mass is 166 g/mol. The Morgan fingerprint density at radius 2 is 0.900 bits per heavy atom. The van der Waals surface area contributed by atoms with Crippen LogP contribution in [0.5, 0.6) is 0 Å². The summed E-state index contributed by atoms with van der Waals surface area (Å²) in [5.74, 6) is 0. The molecule has 0 spiro atoms. The van der Waals surface area contributed by atoms with Gasteiger partial charge in [-0.1, -0.05) is 0 Å². The summed E-state index contributed by atoms with van der Waals surface area (Å²) in [7, 11) is 0. The van der Waals surface area contributed by atoms with Crippen molar-refractivity contribution >= 4 is 12.3 Å². The normalized spacial score (nSPS) is 4.80. The molecule has 0 rings (SSSR count). The second-order valence-corrected chi connectivity index (χ2v) is 0.565. The molecule has 0 atom stereocenters. The van der Waals surface area contributed by atoms with E-state index in [1.54, 1.807) is 0 Å². The topological polar surface area (TPSA) is 147 Å². The molecule has 0 aromatic carbocycles. The maximum absolute atomic E-state index is 8.56. The second-order valence-electron chi connectivity index (χ2n) is 0.565. The third-order valence-electron chi connectivity index (χ3n) is 0. The quantitative estimate of drug-likeness (QED) is 0.277. The first-order valence-electron chi connectivity index (χ1n) is 1.30. The summed E-state index contributed by atoms with van der Waals surface area (Å²) in [5.41, 5.74) is 0. The van der Waals surface area contributed by atoms with Crippen LogP contribution >= 0.6 is 0 Å². The fourth-order valence-corrected chi connectivity index (χ4v) is 0. The first-order chi connectivity index (χ1) is 3.46. The van der Waals surface area contributed by atoms with Crippen molar-refractivity contribution in [3.8, 4) is 0 Å². The van der Waals surface area contributed by atoms with Crippen LogP contribution in [-0.4, -0.2) is 38.2 Å². The third-order valence-corrected chi connectivity index (χ3v) is 0. The maximum atomic E-state index is 8.56. The molecular formula is C2H7NaO7. The molecule has 0 bridgehead atoms. The fraction of sp³-hybridized carbons (Fsp3) is 0. The zero-order chi connectivity index (χ0) is 7.15. The molecule has 0 radical (unpaired) electrons. The van der Waals surface area contributed by atoms with E-state index in [0.717, 1.165) is 0 Å². The van der Waals surface area contributed by atoms with Gasteiger partial charge in [0.05, 0.1) is 0 Å². The molecule has 0 fully saturated rings. The van der Waals surface area contributed by atoms with Crippen LogP contribution in [-0.2, 0) is 0 Å². The predicted molar refractivity (Wildman–Crippen MR) is 26.0 cm³/mol. The molecule has 0 unspecified atom stereocenters. The van der Waals surface area contributed by atoms with Gasteiger partial charge in [-0.25, -0.2) is 9.59 Å². The van der Waals surface area contributed by atoms with Gasteiger partial charge in [-0.05, 0) is 0 Å². The van der Waals surface area contributed by atoms with Crippen molar-refractivity contribution in [1.29, 1.82) is 0 Å². The number of hydrogen-bond acceptors (Lipinski definition) is 2. The number of hydrogen-bond donors (Lipinski definition) is 4. The summed E-state index contributed by atoms with van der Waals surface area (Å²) in [6.07, 6.45) is -3.67. The van der Waals surface area contributed by atoms with Gasteiger partial charge < -0.3 is 27.3 Å². The minimum atomic E-state index is -1.83. The molecule has 0 aliphatic carbocycles. The predicted octanol–water partition coefficient (Wildman–Crippen LogP) is -3.26. The van der Waals surface area contributed by atoms with Gasteiger partial charge in [0.25, 0.3) is 0 Å². The summed E-state index contributed by atoms with van der Waals surface area (Å²) in [6.45, 7) is 0. The van der Waals surface area contributed by atoms with Crippen molar-refractivity contribution in [3.05, 3.63) is 0 Å². The van der Waals surface area contributed by atoms with E-state index < -0.39 is 12.3 Å². The molecular weight excluding hydrogens is 159 g/mol. The van der Waals surface area contributed by atoms with Crippen molar-refractivity contribution in [2.45, 2.75) is 0 Å². The SMILES string of the molecule is O.O=C(O)O.O=C(O)O.[H-].[Na+]. The van der Waals surface area contributed by atoms with E-state index in [0.29, 0.717) is 0 Å². The number of carboxylic acid groups (broad SMARTS) is 4. The van der Waals surface area contributed by atoms with Crippen LogP contribution in [0.2, 0.25) is 0 Å². The Morgan fingerprint density at radius 1 is 0.900 bits per heavy atom. The Morgan fingerprint density at radius 3 is 0.900 bits per heavy atom. The van der Waals surface area contributed by atoms with Gasteiger partial charge in [-0.2, -0.15) is 0 Å². The van der Waals surface area contributed by atoms with Crippen molar-refractivity contribution in [2.24, 2.45) is 0 Å². The smallest absolute Gasteiger partial charge is 1.00 e. The number of carbonyl (C=O) groups is 2. The summed E-state index contributed by atoms with van der Waals surface area (Å²) in [5, 5.41) is 27.9. The molecule has 8 heteroatoms. The molecule has 6 N–H and O–H groups in total. The third kappa shape index (κ3) is 1270. The van der Waals surface area contributed by atoms with Crippen LogP contribution < -0.4 is 29.6 Å². The molecule has 10 heavy (non-hydrogen) atoms. The molecule has 7 nitrogen and oxygen atoms in total. The Kier molecular flexibility index (Phi) is 35.9. The molecule has 0 amide bonds. The molecule has 0 saturated heterocycles. The van der Waals surface area contributed by atoms with Gasteiger partial charge >= 0.3 is 41.9 Å². The largest absolute Gasteiger partial charge is 1.00 e. The standard InChI is InChI=1S/2CH2O3.Na.H2O.H/c2*2-1(3)4;;;/h2*(H2,2,3,4);;1H2;/q;;+1;;-1. The fourth-order valence-electron chi connectivity index (χ4n) is 0. The molecule has 58 valence electrons. The zero-order valence-electron chi connectivity index (χ0n) is 6.11. The Balaban J connectivity index is -0.0000000171. The molecule has 0 aliphatic rings. The van der Waals surface area contributed by atoms with Gasteiger partial charge in [0.15, 0.2) is 0 Å². The van der Waals surface area contributed by atoms with Gasteiger partial charge in [-0.15, -0.1) is 0 Å². The zero-order valence-corrected chi connectivity index (χ0v) is 7.11. The number of rotatable bonds is 0. The molecule has 0 aromatic heterocycles. The van der Waals surface area contributed by atoms with Gasteiger partial charge in [0, 0.05) is 0 Å². The van der Waals surface area contributed by atoms with E-state index >= 15 is 0 Å². The van der Waals surface area contributed by atoms with E-state index in [2.05, 4.69) is 0 Å². The Hall–Kier alpha value is -0.500. The van der Waals surface area contributed by atoms with Crippen molar-refractivity contribution in [2.75, 3.05) is 0 Å². The first kappa shape index (κ1) is 22.7. The van der Waals surface area contributed by atoms with Crippen LogP contribution in [0.15, 0.2) is 0 Å². The summed E-state index contributed by atoms with van der Waals surface area (Å²) < 4.78 is 0. The first-order valence-corrected chi connectivity index (χ1v) is 1.30. The van der Waals surface area contributed by atoms with Crippen LogP contribution in [0.1, 0.15) is 1.43 Å². The van der Waals surface area contributed by atoms with Crippen molar-refractivity contribution < 1.29 is 66.5 Å². The average Bonchev–Trinajstić information content (AvgIpc) is 1.25.